The van der Waals surface area contributed by atoms with Gasteiger partial charge in [0.1, 0.15) is 5.75 Å². The van der Waals surface area contributed by atoms with E-state index in [0.717, 1.165) is 24.1 Å². The number of aryl methyl sites for hydroxylation is 1. The van der Waals surface area contributed by atoms with Gasteiger partial charge in [0.25, 0.3) is 0 Å². The fourth-order valence-corrected chi connectivity index (χ4v) is 1.69. The summed E-state index contributed by atoms with van der Waals surface area (Å²) in [5.41, 5.74) is 2.16. The van der Waals surface area contributed by atoms with Crippen LogP contribution in [0.5, 0.6) is 5.75 Å². The molecular weight excluding hydrogens is 166 g/mol. The molecule has 0 spiro atoms. The second kappa shape index (κ2) is 3.26. The summed E-state index contributed by atoms with van der Waals surface area (Å²) in [5, 5.41) is 21.4. The first-order chi connectivity index (χ1) is 6.29. The van der Waals surface area contributed by atoms with E-state index in [4.69, 9.17) is 5.11 Å². The second-order valence-electron chi connectivity index (χ2n) is 3.40. The Morgan fingerprint density at radius 3 is 3.08 bits per heavy atom. The van der Waals surface area contributed by atoms with Gasteiger partial charge in [-0.1, -0.05) is 0 Å². The van der Waals surface area contributed by atoms with Crippen LogP contribution in [0, 0.1) is 0 Å². The maximum atomic E-state index is 9.23. The number of fused-ring (bicyclic) bond motifs is 1. The lowest BCUT2D eigenvalue weighted by molar-refractivity contribution is 0.267. The topological polar surface area (TPSA) is 52.5 Å². The average molecular weight is 179 g/mol. The lowest BCUT2D eigenvalue weighted by Gasteiger charge is -2.25. The quantitative estimate of drug-likeness (QED) is 0.566. The molecule has 3 nitrogen and oxygen atoms in total. The highest BCUT2D eigenvalue weighted by molar-refractivity contribution is 5.56. The smallest absolute Gasteiger partial charge is 0.116 e. The number of aliphatic hydroxyl groups is 1. The van der Waals surface area contributed by atoms with Crippen LogP contribution in [-0.4, -0.2) is 22.9 Å². The van der Waals surface area contributed by atoms with E-state index in [0.29, 0.717) is 5.75 Å². The molecule has 0 amide bonds. The fraction of sp³-hybridized carbons (Fsp3) is 0.400. The van der Waals surface area contributed by atoms with Crippen molar-refractivity contribution in [1.29, 1.82) is 0 Å². The molecule has 0 unspecified atom stereocenters. The van der Waals surface area contributed by atoms with Gasteiger partial charge in [-0.25, -0.2) is 0 Å². The SMILES string of the molecule is OC[C@@H]1CCc2cc(O)ccc2N1. The van der Waals surface area contributed by atoms with Gasteiger partial charge in [0, 0.05) is 11.7 Å². The minimum atomic E-state index is 0.164. The molecule has 1 heterocycles. The van der Waals surface area contributed by atoms with Gasteiger partial charge in [-0.05, 0) is 36.6 Å². The molecule has 0 fully saturated rings. The molecule has 0 bridgehead atoms. The largest absolute Gasteiger partial charge is 0.508 e. The molecule has 70 valence electrons. The molecule has 0 aromatic heterocycles. The lowest BCUT2D eigenvalue weighted by Crippen LogP contribution is -2.28. The van der Waals surface area contributed by atoms with E-state index in [1.165, 1.54) is 0 Å². The van der Waals surface area contributed by atoms with Crippen LogP contribution >= 0.6 is 0 Å². The molecule has 13 heavy (non-hydrogen) atoms. The standard InChI is InChI=1S/C10H13NO2/c12-6-8-2-1-7-5-9(13)3-4-10(7)11-8/h3-5,8,11-13H,1-2,6H2/t8-/m0/s1. The highest BCUT2D eigenvalue weighted by atomic mass is 16.3. The van der Waals surface area contributed by atoms with Gasteiger partial charge in [0.15, 0.2) is 0 Å². The highest BCUT2D eigenvalue weighted by Gasteiger charge is 2.16. The summed E-state index contributed by atoms with van der Waals surface area (Å²) < 4.78 is 0. The van der Waals surface area contributed by atoms with Crippen LogP contribution in [-0.2, 0) is 6.42 Å². The molecule has 2 rings (SSSR count). The van der Waals surface area contributed by atoms with Crippen LogP contribution in [0.15, 0.2) is 18.2 Å². The van der Waals surface area contributed by atoms with Crippen molar-refractivity contribution in [2.24, 2.45) is 0 Å². The van der Waals surface area contributed by atoms with Crippen LogP contribution in [0.1, 0.15) is 12.0 Å². The number of nitrogens with one attached hydrogen (secondary N) is 1. The third kappa shape index (κ3) is 1.60. The first kappa shape index (κ1) is 8.38. The maximum Gasteiger partial charge on any atom is 0.116 e. The predicted molar refractivity (Wildman–Crippen MR) is 50.9 cm³/mol. The zero-order valence-corrected chi connectivity index (χ0v) is 7.33. The van der Waals surface area contributed by atoms with E-state index in [1.807, 2.05) is 6.07 Å². The molecule has 3 N–H and O–H groups in total. The van der Waals surface area contributed by atoms with Crippen molar-refractivity contribution in [3.63, 3.8) is 0 Å². The normalized spacial score (nSPS) is 20.5. The van der Waals surface area contributed by atoms with E-state index in [9.17, 15) is 5.11 Å². The fourth-order valence-electron chi connectivity index (χ4n) is 1.69. The molecule has 1 aromatic carbocycles. The maximum absolute atomic E-state index is 9.23. The van der Waals surface area contributed by atoms with Gasteiger partial charge in [-0.2, -0.15) is 0 Å². The minimum absolute atomic E-state index is 0.164. The Bertz CT molecular complexity index is 312. The number of rotatable bonds is 1. The van der Waals surface area contributed by atoms with E-state index in [-0.39, 0.29) is 12.6 Å². The lowest BCUT2D eigenvalue weighted by atomic mass is 9.98. The molecular formula is C10H13NO2. The summed E-state index contributed by atoms with van der Waals surface area (Å²) in [6.45, 7) is 0.167. The van der Waals surface area contributed by atoms with Crippen molar-refractivity contribution in [3.05, 3.63) is 23.8 Å². The Morgan fingerprint density at radius 1 is 1.46 bits per heavy atom. The number of phenolic OH excluding ortho intramolecular Hbond substituents is 1. The van der Waals surface area contributed by atoms with Crippen LogP contribution in [0.3, 0.4) is 0 Å². The third-order valence-electron chi connectivity index (χ3n) is 2.43. The monoisotopic (exact) mass is 179 g/mol. The third-order valence-corrected chi connectivity index (χ3v) is 2.43. The molecule has 3 heteroatoms. The van der Waals surface area contributed by atoms with Gasteiger partial charge in [0.2, 0.25) is 0 Å². The molecule has 1 atom stereocenters. The molecule has 0 radical (unpaired) electrons. The summed E-state index contributed by atoms with van der Waals surface area (Å²) in [6, 6.07) is 5.45. The van der Waals surface area contributed by atoms with Crippen molar-refractivity contribution in [2.75, 3.05) is 11.9 Å². The molecule has 0 aliphatic carbocycles. The van der Waals surface area contributed by atoms with E-state index in [2.05, 4.69) is 5.32 Å². The Morgan fingerprint density at radius 2 is 2.31 bits per heavy atom. The predicted octanol–water partition coefficient (Wildman–Crippen LogP) is 1.11. The molecule has 0 saturated heterocycles. The van der Waals surface area contributed by atoms with Crippen LogP contribution in [0.4, 0.5) is 5.69 Å². The Kier molecular flexibility index (Phi) is 2.10. The number of phenols is 1. The molecule has 0 saturated carbocycles. The summed E-state index contributed by atoms with van der Waals surface area (Å²) >= 11 is 0. The van der Waals surface area contributed by atoms with Crippen LogP contribution < -0.4 is 5.32 Å². The summed E-state index contributed by atoms with van der Waals surface area (Å²) in [5.74, 6) is 0.308. The number of aromatic hydroxyl groups is 1. The second-order valence-corrected chi connectivity index (χ2v) is 3.40. The summed E-state index contributed by atoms with van der Waals surface area (Å²) in [4.78, 5) is 0. The zero-order valence-electron chi connectivity index (χ0n) is 7.33. The number of anilines is 1. The summed E-state index contributed by atoms with van der Waals surface area (Å²) in [6.07, 6.45) is 1.84. The van der Waals surface area contributed by atoms with Gasteiger partial charge >= 0.3 is 0 Å². The van der Waals surface area contributed by atoms with Gasteiger partial charge < -0.3 is 15.5 Å². The van der Waals surface area contributed by atoms with Crippen molar-refractivity contribution in [1.82, 2.24) is 0 Å². The van der Waals surface area contributed by atoms with Gasteiger partial charge in [-0.3, -0.25) is 0 Å². The first-order valence-electron chi connectivity index (χ1n) is 4.49. The Labute approximate surface area is 77.0 Å². The van der Waals surface area contributed by atoms with Crippen molar-refractivity contribution < 1.29 is 10.2 Å². The van der Waals surface area contributed by atoms with Crippen LogP contribution in [0.2, 0.25) is 0 Å². The van der Waals surface area contributed by atoms with Crippen molar-refractivity contribution in [2.45, 2.75) is 18.9 Å². The number of aliphatic hydroxyl groups excluding tert-OH is 1. The van der Waals surface area contributed by atoms with Gasteiger partial charge in [0.05, 0.1) is 6.61 Å². The first-order valence-corrected chi connectivity index (χ1v) is 4.49. The Balaban J connectivity index is 2.26. The molecule has 1 aromatic rings. The van der Waals surface area contributed by atoms with Crippen molar-refractivity contribution in [3.8, 4) is 5.75 Å². The highest BCUT2D eigenvalue weighted by Crippen LogP contribution is 2.27. The summed E-state index contributed by atoms with van der Waals surface area (Å²) in [7, 11) is 0. The van der Waals surface area contributed by atoms with Crippen molar-refractivity contribution >= 4 is 5.69 Å². The molecule has 1 aliphatic rings. The number of hydrogen-bond donors (Lipinski definition) is 3. The van der Waals surface area contributed by atoms with Gasteiger partial charge in [-0.15, -0.1) is 0 Å². The Hall–Kier alpha value is -1.22. The van der Waals surface area contributed by atoms with E-state index >= 15 is 0 Å². The van der Waals surface area contributed by atoms with E-state index in [1.54, 1.807) is 12.1 Å². The van der Waals surface area contributed by atoms with Crippen LogP contribution in [0.25, 0.3) is 0 Å². The van der Waals surface area contributed by atoms with E-state index < -0.39 is 0 Å². The molecule has 1 aliphatic heterocycles. The number of hydrogen-bond acceptors (Lipinski definition) is 3. The zero-order chi connectivity index (χ0) is 9.26. The number of benzene rings is 1. The minimum Gasteiger partial charge on any atom is -0.508 e. The average Bonchev–Trinajstić information content (AvgIpc) is 2.17.